The largest absolute Gasteiger partial charge is 0.379 e. The molecular weight excluding hydrogens is 608 g/mol. The summed E-state index contributed by atoms with van der Waals surface area (Å²) in [4.78, 5) is 0. The summed E-state index contributed by atoms with van der Waals surface area (Å²) in [6, 6.07) is 0. The molecule has 0 fully saturated rings. The molecule has 0 aliphatic heterocycles. The van der Waals surface area contributed by atoms with Gasteiger partial charge in [-0.1, -0.05) is 45.4 Å². The Morgan fingerprint density at radius 3 is 0.667 bits per heavy atom. The molecule has 0 saturated carbocycles. The number of hydrogen-bond acceptors (Lipinski definition) is 11. The molecule has 0 radical (unpaired) electrons. The maximum atomic E-state index is 5.65. The summed E-state index contributed by atoms with van der Waals surface area (Å²) in [5, 5.41) is 0. The van der Waals surface area contributed by atoms with E-state index in [4.69, 9.17) is 63.7 Å². The fraction of sp³-hybridized carbons (Fsp3) is 1.00. The number of rotatable bonds is 42. The minimum Gasteiger partial charge on any atom is -0.379 e. The van der Waals surface area contributed by atoms with Gasteiger partial charge < -0.3 is 52.1 Å². The van der Waals surface area contributed by atoms with Crippen molar-refractivity contribution in [3.05, 3.63) is 0 Å². The van der Waals surface area contributed by atoms with Crippen molar-refractivity contribution in [2.24, 2.45) is 0 Å². The van der Waals surface area contributed by atoms with E-state index in [0.717, 1.165) is 38.4 Å². The molecule has 0 unspecified atom stereocenters. The van der Waals surface area contributed by atoms with E-state index in [-0.39, 0.29) is 0 Å². The molecule has 45 heavy (non-hydrogen) atoms. The molecular formula is C33H67ClO11. The van der Waals surface area contributed by atoms with Crippen molar-refractivity contribution in [1.82, 2.24) is 0 Å². The summed E-state index contributed by atoms with van der Waals surface area (Å²) in [7, 11) is 0. The molecule has 0 aromatic carbocycles. The smallest absolute Gasteiger partial charge is 0.0701 e. The maximum absolute atomic E-state index is 5.65. The van der Waals surface area contributed by atoms with E-state index in [1.54, 1.807) is 0 Å². The van der Waals surface area contributed by atoms with E-state index in [0.29, 0.717) is 132 Å². The van der Waals surface area contributed by atoms with Gasteiger partial charge in [0.2, 0.25) is 0 Å². The van der Waals surface area contributed by atoms with Crippen molar-refractivity contribution in [3.63, 3.8) is 0 Å². The quantitative estimate of drug-likeness (QED) is 0.0650. The Morgan fingerprint density at radius 2 is 0.444 bits per heavy atom. The van der Waals surface area contributed by atoms with Crippen LogP contribution >= 0.6 is 11.6 Å². The number of alkyl halides is 1. The Labute approximate surface area is 279 Å². The Balaban J connectivity index is 3.03. The molecule has 0 amide bonds. The van der Waals surface area contributed by atoms with Crippen molar-refractivity contribution in [2.45, 2.75) is 64.7 Å². The van der Waals surface area contributed by atoms with Crippen LogP contribution in [-0.2, 0) is 52.1 Å². The average molecular weight is 675 g/mol. The fourth-order valence-corrected chi connectivity index (χ4v) is 3.95. The van der Waals surface area contributed by atoms with Crippen molar-refractivity contribution in [2.75, 3.05) is 151 Å². The lowest BCUT2D eigenvalue weighted by Gasteiger charge is -2.09. The highest BCUT2D eigenvalue weighted by Gasteiger charge is 1.97. The standard InChI is InChI=1S/C33H67ClO11/c1-2-3-4-6-9-12-35-14-16-37-18-20-39-22-24-41-26-28-43-30-32-45-33-31-44-29-27-42-25-23-40-21-19-38-17-15-36-13-10-7-5-8-11-34/h2-33H2,1H3. The van der Waals surface area contributed by atoms with Crippen LogP contribution in [0.25, 0.3) is 0 Å². The van der Waals surface area contributed by atoms with E-state index in [2.05, 4.69) is 6.92 Å². The first-order chi connectivity index (χ1) is 22.4. The lowest BCUT2D eigenvalue weighted by atomic mass is 10.2. The molecule has 0 atom stereocenters. The fourth-order valence-electron chi connectivity index (χ4n) is 3.76. The molecule has 0 saturated heterocycles. The van der Waals surface area contributed by atoms with E-state index in [9.17, 15) is 0 Å². The zero-order chi connectivity index (χ0) is 32.4. The van der Waals surface area contributed by atoms with Crippen LogP contribution in [0.4, 0.5) is 0 Å². The maximum Gasteiger partial charge on any atom is 0.0701 e. The van der Waals surface area contributed by atoms with E-state index < -0.39 is 0 Å². The normalized spacial score (nSPS) is 11.6. The molecule has 11 nitrogen and oxygen atoms in total. The van der Waals surface area contributed by atoms with Crippen LogP contribution in [0.2, 0.25) is 0 Å². The van der Waals surface area contributed by atoms with Crippen LogP contribution < -0.4 is 0 Å². The monoisotopic (exact) mass is 674 g/mol. The van der Waals surface area contributed by atoms with Crippen LogP contribution in [0, 0.1) is 0 Å². The zero-order valence-electron chi connectivity index (χ0n) is 28.5. The van der Waals surface area contributed by atoms with Crippen LogP contribution in [0.1, 0.15) is 64.7 Å². The Morgan fingerprint density at radius 1 is 0.244 bits per heavy atom. The molecule has 0 heterocycles. The van der Waals surface area contributed by atoms with Gasteiger partial charge in [0.05, 0.1) is 132 Å². The summed E-state index contributed by atoms with van der Waals surface area (Å²) < 4.78 is 60.5. The first-order valence-electron chi connectivity index (χ1n) is 17.3. The summed E-state index contributed by atoms with van der Waals surface area (Å²) in [5.74, 6) is 0.746. The van der Waals surface area contributed by atoms with Crippen LogP contribution in [0.5, 0.6) is 0 Å². The molecule has 12 heteroatoms. The average Bonchev–Trinajstić information content (AvgIpc) is 3.05. The van der Waals surface area contributed by atoms with Gasteiger partial charge in [-0.05, 0) is 19.3 Å². The van der Waals surface area contributed by atoms with Crippen LogP contribution in [-0.4, -0.2) is 151 Å². The summed E-state index contributed by atoms with van der Waals surface area (Å²) in [6.07, 6.45) is 10.8. The number of hydrogen-bond donors (Lipinski definition) is 0. The third kappa shape index (κ3) is 43.9. The Hall–Kier alpha value is -0.150. The third-order valence-corrected chi connectivity index (χ3v) is 6.55. The lowest BCUT2D eigenvalue weighted by molar-refractivity contribution is -0.0275. The van der Waals surface area contributed by atoms with Gasteiger partial charge in [0.25, 0.3) is 0 Å². The third-order valence-electron chi connectivity index (χ3n) is 6.28. The highest BCUT2D eigenvalue weighted by molar-refractivity contribution is 6.17. The van der Waals surface area contributed by atoms with Crippen molar-refractivity contribution >= 4 is 11.6 Å². The molecule has 0 aliphatic carbocycles. The minimum absolute atomic E-state index is 0.524. The second-order valence-corrected chi connectivity index (χ2v) is 10.6. The summed E-state index contributed by atoms with van der Waals surface area (Å²) in [6.45, 7) is 14.9. The van der Waals surface area contributed by atoms with Crippen molar-refractivity contribution in [3.8, 4) is 0 Å². The number of halogens is 1. The van der Waals surface area contributed by atoms with E-state index in [1.807, 2.05) is 0 Å². The molecule has 0 spiro atoms. The summed E-state index contributed by atoms with van der Waals surface area (Å²) >= 11 is 5.65. The highest BCUT2D eigenvalue weighted by Crippen LogP contribution is 2.02. The van der Waals surface area contributed by atoms with Crippen molar-refractivity contribution < 1.29 is 52.1 Å². The van der Waals surface area contributed by atoms with Crippen LogP contribution in [0.3, 0.4) is 0 Å². The van der Waals surface area contributed by atoms with Gasteiger partial charge in [0.15, 0.2) is 0 Å². The Bertz CT molecular complexity index is 467. The molecule has 0 N–H and O–H groups in total. The highest BCUT2D eigenvalue weighted by atomic mass is 35.5. The van der Waals surface area contributed by atoms with Gasteiger partial charge in [-0.15, -0.1) is 11.6 Å². The van der Waals surface area contributed by atoms with Gasteiger partial charge in [0.1, 0.15) is 0 Å². The SMILES string of the molecule is CCCCCCCOCCOCCOCCOCCOCCOCCOCCOCCOCCOCCOCCCCCCCl. The number of ether oxygens (including phenoxy) is 11. The second kappa shape index (κ2) is 43.9. The van der Waals surface area contributed by atoms with Crippen LogP contribution in [0.15, 0.2) is 0 Å². The summed E-state index contributed by atoms with van der Waals surface area (Å²) in [5.41, 5.74) is 0. The molecule has 0 aromatic heterocycles. The molecule has 0 rings (SSSR count). The predicted octanol–water partition coefficient (Wildman–Crippen LogP) is 4.94. The van der Waals surface area contributed by atoms with Crippen molar-refractivity contribution in [1.29, 1.82) is 0 Å². The molecule has 0 aliphatic rings. The second-order valence-electron chi connectivity index (χ2n) is 10.3. The molecule has 272 valence electrons. The molecule has 0 aromatic rings. The predicted molar refractivity (Wildman–Crippen MR) is 177 cm³/mol. The Kier molecular flexibility index (Phi) is 43.7. The number of unbranched alkanes of at least 4 members (excludes halogenated alkanes) is 7. The topological polar surface area (TPSA) is 102 Å². The minimum atomic E-state index is 0.524. The zero-order valence-corrected chi connectivity index (χ0v) is 29.3. The van der Waals surface area contributed by atoms with Gasteiger partial charge >= 0.3 is 0 Å². The van der Waals surface area contributed by atoms with Gasteiger partial charge in [-0.3, -0.25) is 0 Å². The molecule has 0 bridgehead atoms. The van der Waals surface area contributed by atoms with Gasteiger partial charge in [0, 0.05) is 19.1 Å². The first kappa shape index (κ1) is 44.9. The first-order valence-corrected chi connectivity index (χ1v) is 17.9. The van der Waals surface area contributed by atoms with Gasteiger partial charge in [-0.2, -0.15) is 0 Å². The lowest BCUT2D eigenvalue weighted by Crippen LogP contribution is -2.15. The van der Waals surface area contributed by atoms with Gasteiger partial charge in [-0.25, -0.2) is 0 Å². The van der Waals surface area contributed by atoms with E-state index in [1.165, 1.54) is 38.5 Å². The van der Waals surface area contributed by atoms with E-state index >= 15 is 0 Å².